The molecule has 0 unspecified atom stereocenters. The fourth-order valence-electron chi connectivity index (χ4n) is 2.88. The number of amides is 1. The van der Waals surface area contributed by atoms with Crippen molar-refractivity contribution in [2.75, 3.05) is 24.4 Å². The maximum absolute atomic E-state index is 12.3. The van der Waals surface area contributed by atoms with Gasteiger partial charge < -0.3 is 9.64 Å². The maximum Gasteiger partial charge on any atom is 0.338 e. The first kappa shape index (κ1) is 21.6. The van der Waals surface area contributed by atoms with Crippen LogP contribution in [0.25, 0.3) is 0 Å². The van der Waals surface area contributed by atoms with Gasteiger partial charge in [0.15, 0.2) is 6.61 Å². The van der Waals surface area contributed by atoms with Gasteiger partial charge in [0.25, 0.3) is 15.9 Å². The van der Waals surface area contributed by atoms with Gasteiger partial charge in [0.2, 0.25) is 0 Å². The van der Waals surface area contributed by atoms with E-state index in [9.17, 15) is 18.0 Å². The number of hydrogen-bond acceptors (Lipinski definition) is 6. The zero-order chi connectivity index (χ0) is 21.0. The molecule has 1 N–H and O–H groups in total. The number of thiophene rings is 1. The van der Waals surface area contributed by atoms with E-state index in [2.05, 4.69) is 11.6 Å². The number of hydrogen-bond donors (Lipinski definition) is 1. The second-order valence-corrected chi connectivity index (χ2v) is 10.5. The summed E-state index contributed by atoms with van der Waals surface area (Å²) in [5.41, 5.74) is 0.525. The SMILES string of the molecule is CC1CCN(C(=O)COC(=O)c2ccc(NS(=O)(=O)c3ccc(Cl)s3)cc2)CC1. The zero-order valence-corrected chi connectivity index (χ0v) is 18.1. The lowest BCUT2D eigenvalue weighted by Crippen LogP contribution is -2.40. The van der Waals surface area contributed by atoms with Crippen molar-refractivity contribution >= 4 is 50.5 Å². The summed E-state index contributed by atoms with van der Waals surface area (Å²) in [6.07, 6.45) is 1.91. The standard InChI is InChI=1S/C19H21ClN2O5S2/c1-13-8-10-22(11-9-13)17(23)12-27-19(24)14-2-4-15(5-3-14)21-29(25,26)18-7-6-16(20)28-18/h2-7,13,21H,8-12H2,1H3. The number of carbonyl (C=O) groups is 2. The number of carbonyl (C=O) groups excluding carboxylic acids is 2. The van der Waals surface area contributed by atoms with Crippen LogP contribution in [-0.2, 0) is 19.6 Å². The topological polar surface area (TPSA) is 92.8 Å². The van der Waals surface area contributed by atoms with Gasteiger partial charge in [0.1, 0.15) is 4.21 Å². The molecule has 0 spiro atoms. The van der Waals surface area contributed by atoms with Crippen LogP contribution in [0.3, 0.4) is 0 Å². The Kier molecular flexibility index (Phi) is 6.81. The molecule has 1 aromatic heterocycles. The number of sulfonamides is 1. The Bertz CT molecular complexity index is 980. The first-order valence-corrected chi connectivity index (χ1v) is 11.8. The van der Waals surface area contributed by atoms with Crippen molar-refractivity contribution in [2.24, 2.45) is 5.92 Å². The van der Waals surface area contributed by atoms with Gasteiger partial charge in [-0.05, 0) is 55.2 Å². The maximum atomic E-state index is 12.3. The molecule has 1 aliphatic heterocycles. The average molecular weight is 457 g/mol. The molecule has 2 aromatic rings. The van der Waals surface area contributed by atoms with Crippen LogP contribution in [-0.4, -0.2) is 44.9 Å². The molecule has 0 radical (unpaired) electrons. The minimum atomic E-state index is -3.75. The molecule has 0 aliphatic carbocycles. The average Bonchev–Trinajstić information content (AvgIpc) is 3.14. The summed E-state index contributed by atoms with van der Waals surface area (Å²) in [7, 11) is -3.75. The monoisotopic (exact) mass is 456 g/mol. The summed E-state index contributed by atoms with van der Waals surface area (Å²) >= 11 is 6.73. The van der Waals surface area contributed by atoms with Crippen molar-refractivity contribution in [1.82, 2.24) is 4.90 Å². The highest BCUT2D eigenvalue weighted by Gasteiger charge is 2.22. The molecule has 3 rings (SSSR count). The fourth-order valence-corrected chi connectivity index (χ4v) is 5.42. The number of ether oxygens (including phenoxy) is 1. The number of nitrogens with one attached hydrogen (secondary N) is 1. The molecule has 1 aliphatic rings. The first-order valence-electron chi connectivity index (χ1n) is 9.08. The summed E-state index contributed by atoms with van der Waals surface area (Å²) in [6.45, 7) is 3.21. The van der Waals surface area contributed by atoms with Crippen LogP contribution in [0, 0.1) is 5.92 Å². The van der Waals surface area contributed by atoms with E-state index < -0.39 is 16.0 Å². The van der Waals surface area contributed by atoms with Gasteiger partial charge in [-0.1, -0.05) is 18.5 Å². The Morgan fingerprint density at radius 1 is 1.17 bits per heavy atom. The van der Waals surface area contributed by atoms with Crippen LogP contribution in [0.15, 0.2) is 40.6 Å². The van der Waals surface area contributed by atoms with Crippen molar-refractivity contribution < 1.29 is 22.7 Å². The van der Waals surface area contributed by atoms with Crippen molar-refractivity contribution in [2.45, 2.75) is 24.0 Å². The third kappa shape index (κ3) is 5.71. The summed E-state index contributed by atoms with van der Waals surface area (Å²) in [5, 5.41) is 0. The first-order chi connectivity index (χ1) is 13.7. The number of piperidine rings is 1. The smallest absolute Gasteiger partial charge is 0.338 e. The van der Waals surface area contributed by atoms with Gasteiger partial charge in [0.05, 0.1) is 9.90 Å². The summed E-state index contributed by atoms with van der Waals surface area (Å²) in [6, 6.07) is 8.71. The van der Waals surface area contributed by atoms with E-state index in [0.29, 0.717) is 29.0 Å². The molecule has 1 saturated heterocycles. The summed E-state index contributed by atoms with van der Waals surface area (Å²) in [5.74, 6) is -0.234. The predicted octanol–water partition coefficient (Wildman–Crippen LogP) is 3.62. The third-order valence-corrected chi connectivity index (χ3v) is 7.75. The summed E-state index contributed by atoms with van der Waals surface area (Å²) in [4.78, 5) is 26.0. The van der Waals surface area contributed by atoms with Crippen LogP contribution in [0.1, 0.15) is 30.1 Å². The van der Waals surface area contributed by atoms with Crippen LogP contribution in [0.5, 0.6) is 0 Å². The van der Waals surface area contributed by atoms with Gasteiger partial charge in [-0.15, -0.1) is 11.3 Å². The normalized spacial score (nSPS) is 15.2. The molecule has 0 atom stereocenters. The Labute approximate surface area is 178 Å². The second kappa shape index (κ2) is 9.15. The summed E-state index contributed by atoms with van der Waals surface area (Å²) < 4.78 is 32.6. The molecule has 0 saturated carbocycles. The minimum Gasteiger partial charge on any atom is -0.452 e. The zero-order valence-electron chi connectivity index (χ0n) is 15.8. The quantitative estimate of drug-likeness (QED) is 0.670. The van der Waals surface area contributed by atoms with Gasteiger partial charge in [-0.2, -0.15) is 0 Å². The Balaban J connectivity index is 1.54. The molecule has 0 bridgehead atoms. The molecule has 156 valence electrons. The molecule has 10 heteroatoms. The minimum absolute atomic E-state index is 0.0941. The van der Waals surface area contributed by atoms with Crippen molar-refractivity contribution in [3.05, 3.63) is 46.3 Å². The number of esters is 1. The van der Waals surface area contributed by atoms with Gasteiger partial charge in [-0.25, -0.2) is 13.2 Å². The van der Waals surface area contributed by atoms with Gasteiger partial charge >= 0.3 is 5.97 Å². The molecular weight excluding hydrogens is 436 g/mol. The van der Waals surface area contributed by atoms with Crippen molar-refractivity contribution in [3.63, 3.8) is 0 Å². The molecule has 1 aromatic carbocycles. The van der Waals surface area contributed by atoms with E-state index in [1.54, 1.807) is 4.90 Å². The van der Waals surface area contributed by atoms with E-state index in [-0.39, 0.29) is 22.3 Å². The number of anilines is 1. The molecule has 1 fully saturated rings. The van der Waals surface area contributed by atoms with Crippen molar-refractivity contribution in [1.29, 1.82) is 0 Å². The Hall–Kier alpha value is -2.10. The number of nitrogens with zero attached hydrogens (tertiary/aromatic N) is 1. The van der Waals surface area contributed by atoms with E-state index >= 15 is 0 Å². The van der Waals surface area contributed by atoms with Gasteiger partial charge in [-0.3, -0.25) is 9.52 Å². The number of rotatable bonds is 6. The second-order valence-electron chi connectivity index (χ2n) is 6.88. The lowest BCUT2D eigenvalue weighted by molar-refractivity contribution is -0.135. The van der Waals surface area contributed by atoms with E-state index in [1.165, 1.54) is 36.4 Å². The molecule has 2 heterocycles. The fraction of sp³-hybridized carbons (Fsp3) is 0.368. The highest BCUT2D eigenvalue weighted by atomic mass is 35.5. The number of likely N-dealkylation sites (tertiary alicyclic amines) is 1. The van der Waals surface area contributed by atoms with E-state index in [1.807, 2.05) is 0 Å². The predicted molar refractivity (Wildman–Crippen MR) is 112 cm³/mol. The Morgan fingerprint density at radius 2 is 1.83 bits per heavy atom. The van der Waals surface area contributed by atoms with Crippen LogP contribution >= 0.6 is 22.9 Å². The molecular formula is C19H21ClN2O5S2. The lowest BCUT2D eigenvalue weighted by Gasteiger charge is -2.30. The number of benzene rings is 1. The highest BCUT2D eigenvalue weighted by Crippen LogP contribution is 2.27. The van der Waals surface area contributed by atoms with Crippen LogP contribution in [0.2, 0.25) is 4.34 Å². The van der Waals surface area contributed by atoms with E-state index in [0.717, 1.165) is 24.2 Å². The number of halogens is 1. The van der Waals surface area contributed by atoms with Gasteiger partial charge in [0, 0.05) is 18.8 Å². The lowest BCUT2D eigenvalue weighted by atomic mass is 9.99. The largest absolute Gasteiger partial charge is 0.452 e. The van der Waals surface area contributed by atoms with Crippen LogP contribution in [0.4, 0.5) is 5.69 Å². The molecule has 1 amide bonds. The third-order valence-electron chi connectivity index (χ3n) is 4.65. The highest BCUT2D eigenvalue weighted by molar-refractivity contribution is 7.94. The Morgan fingerprint density at radius 3 is 2.41 bits per heavy atom. The molecule has 7 nitrogen and oxygen atoms in total. The molecule has 29 heavy (non-hydrogen) atoms. The van der Waals surface area contributed by atoms with Crippen molar-refractivity contribution in [3.8, 4) is 0 Å². The van der Waals surface area contributed by atoms with Crippen LogP contribution < -0.4 is 4.72 Å². The van der Waals surface area contributed by atoms with E-state index in [4.69, 9.17) is 16.3 Å².